The Kier molecular flexibility index (Phi) is 4.68. The van der Waals surface area contributed by atoms with Crippen LogP contribution in [-0.4, -0.2) is 26.3 Å². The first-order chi connectivity index (χ1) is 9.06. The lowest BCUT2D eigenvalue weighted by molar-refractivity contribution is -0.115. The van der Waals surface area contributed by atoms with E-state index in [1.807, 2.05) is 0 Å². The molecule has 0 radical (unpaired) electrons. The smallest absolute Gasteiger partial charge is 0.239 e. The van der Waals surface area contributed by atoms with Crippen molar-refractivity contribution in [3.8, 4) is 0 Å². The van der Waals surface area contributed by atoms with Gasteiger partial charge in [0.1, 0.15) is 6.33 Å². The van der Waals surface area contributed by atoms with E-state index in [0.29, 0.717) is 16.0 Å². The van der Waals surface area contributed by atoms with Crippen LogP contribution in [-0.2, 0) is 4.79 Å². The molecule has 8 heteroatoms. The molecule has 0 fully saturated rings. The molecule has 2 aromatic rings. The first kappa shape index (κ1) is 14.2. The topological polar surface area (TPSA) is 70.7 Å². The van der Waals surface area contributed by atoms with Crippen molar-refractivity contribution < 1.29 is 4.79 Å². The fourth-order valence-electron chi connectivity index (χ4n) is 1.30. The molecule has 0 aliphatic heterocycles. The van der Waals surface area contributed by atoms with Gasteiger partial charge in [-0.1, -0.05) is 23.2 Å². The van der Waals surface area contributed by atoms with Gasteiger partial charge in [0, 0.05) is 9.92 Å². The number of rotatable bonds is 4. The van der Waals surface area contributed by atoms with Crippen molar-refractivity contribution >= 4 is 46.8 Å². The van der Waals surface area contributed by atoms with E-state index in [1.165, 1.54) is 18.1 Å². The number of nitrogens with one attached hydrogen (secondary N) is 2. The van der Waals surface area contributed by atoms with Gasteiger partial charge in [0.05, 0.1) is 10.3 Å². The number of carbonyl (C=O) groups is 1. The summed E-state index contributed by atoms with van der Waals surface area (Å²) in [6, 6.07) is 5.13. The lowest BCUT2D eigenvalue weighted by Gasteiger charge is -2.11. The van der Waals surface area contributed by atoms with Gasteiger partial charge < -0.3 is 0 Å². The van der Waals surface area contributed by atoms with Gasteiger partial charge in [0.2, 0.25) is 11.9 Å². The summed E-state index contributed by atoms with van der Waals surface area (Å²) in [7, 11) is 0. The van der Waals surface area contributed by atoms with Crippen LogP contribution in [0, 0.1) is 0 Å². The first-order valence-electron chi connectivity index (χ1n) is 5.34. The molecule has 1 aromatic carbocycles. The third-order valence-electron chi connectivity index (χ3n) is 2.22. The van der Waals surface area contributed by atoms with Gasteiger partial charge in [-0.25, -0.2) is 5.10 Å². The predicted molar refractivity (Wildman–Crippen MR) is 76.8 cm³/mol. The van der Waals surface area contributed by atoms with E-state index in [-0.39, 0.29) is 11.2 Å². The summed E-state index contributed by atoms with van der Waals surface area (Å²) in [5.74, 6) is 0.118. The van der Waals surface area contributed by atoms with Crippen molar-refractivity contribution in [2.75, 3.05) is 5.32 Å². The Morgan fingerprint density at radius 3 is 2.95 bits per heavy atom. The molecule has 0 spiro atoms. The number of thioether (sulfide) groups is 1. The van der Waals surface area contributed by atoms with E-state index in [4.69, 9.17) is 23.2 Å². The second-order valence-electron chi connectivity index (χ2n) is 3.66. The number of H-pyrrole nitrogens is 1. The molecule has 2 N–H and O–H groups in total. The van der Waals surface area contributed by atoms with Crippen LogP contribution < -0.4 is 5.32 Å². The summed E-state index contributed by atoms with van der Waals surface area (Å²) in [5, 5.41) is 9.61. The minimum Gasteiger partial charge on any atom is -0.294 e. The fraction of sp³-hybridized carbons (Fsp3) is 0.182. The molecule has 0 bridgehead atoms. The highest BCUT2D eigenvalue weighted by molar-refractivity contribution is 8.00. The second kappa shape index (κ2) is 6.27. The molecule has 1 atom stereocenters. The maximum atomic E-state index is 11.9. The van der Waals surface area contributed by atoms with E-state index in [2.05, 4.69) is 20.5 Å². The molecule has 2 rings (SSSR count). The molecule has 5 nitrogen and oxygen atoms in total. The zero-order valence-electron chi connectivity index (χ0n) is 9.85. The molecule has 0 aliphatic rings. The van der Waals surface area contributed by atoms with Crippen LogP contribution in [0.4, 0.5) is 5.95 Å². The SMILES string of the molecule is CC(Sc1cc(Cl)ccc1Cl)C(=O)Nc1ncn[nH]1. The predicted octanol–water partition coefficient (Wildman–Crippen LogP) is 3.23. The third kappa shape index (κ3) is 3.86. The summed E-state index contributed by atoms with van der Waals surface area (Å²) < 4.78 is 0. The summed E-state index contributed by atoms with van der Waals surface area (Å²) in [5.41, 5.74) is 0. The van der Waals surface area contributed by atoms with Crippen LogP contribution in [0.1, 0.15) is 6.92 Å². The Hall–Kier alpha value is -1.24. The number of benzene rings is 1. The normalized spacial score (nSPS) is 12.2. The van der Waals surface area contributed by atoms with Crippen molar-refractivity contribution in [1.29, 1.82) is 0 Å². The maximum absolute atomic E-state index is 11.9. The minimum atomic E-state index is -0.346. The zero-order valence-corrected chi connectivity index (χ0v) is 12.2. The number of hydrogen-bond donors (Lipinski definition) is 2. The standard InChI is InChI=1S/C11H10Cl2N4OS/c1-6(10(18)16-11-14-5-15-17-11)19-9-4-7(12)2-3-8(9)13/h2-6H,1H3,(H2,14,15,16,17,18). The first-order valence-corrected chi connectivity index (χ1v) is 6.98. The van der Waals surface area contributed by atoms with Crippen LogP contribution in [0.25, 0.3) is 0 Å². The molecular formula is C11H10Cl2N4OS. The van der Waals surface area contributed by atoms with Gasteiger partial charge >= 0.3 is 0 Å². The Morgan fingerprint density at radius 1 is 1.47 bits per heavy atom. The Labute approximate surface area is 124 Å². The number of halogens is 2. The quantitative estimate of drug-likeness (QED) is 0.849. The van der Waals surface area contributed by atoms with E-state index >= 15 is 0 Å². The lowest BCUT2D eigenvalue weighted by Crippen LogP contribution is -2.23. The average molecular weight is 317 g/mol. The van der Waals surface area contributed by atoms with E-state index in [0.717, 1.165) is 4.90 Å². The molecule has 1 unspecified atom stereocenters. The highest BCUT2D eigenvalue weighted by Gasteiger charge is 2.17. The largest absolute Gasteiger partial charge is 0.294 e. The van der Waals surface area contributed by atoms with Crippen molar-refractivity contribution in [2.24, 2.45) is 0 Å². The van der Waals surface area contributed by atoms with Crippen LogP contribution in [0.3, 0.4) is 0 Å². The van der Waals surface area contributed by atoms with Crippen molar-refractivity contribution in [3.05, 3.63) is 34.6 Å². The Bertz CT molecular complexity index is 576. The minimum absolute atomic E-state index is 0.196. The van der Waals surface area contributed by atoms with Gasteiger partial charge in [-0.15, -0.1) is 11.8 Å². The number of carbonyl (C=O) groups excluding carboxylic acids is 1. The lowest BCUT2D eigenvalue weighted by atomic mass is 10.4. The molecule has 100 valence electrons. The van der Waals surface area contributed by atoms with Gasteiger partial charge in [0.25, 0.3) is 0 Å². The molecule has 19 heavy (non-hydrogen) atoms. The number of nitrogens with zero attached hydrogens (tertiary/aromatic N) is 2. The highest BCUT2D eigenvalue weighted by atomic mass is 35.5. The van der Waals surface area contributed by atoms with E-state index in [1.54, 1.807) is 25.1 Å². The third-order valence-corrected chi connectivity index (χ3v) is 4.06. The summed E-state index contributed by atoms with van der Waals surface area (Å²) in [4.78, 5) is 16.5. The Balaban J connectivity index is 2.02. The number of hydrogen-bond acceptors (Lipinski definition) is 4. The molecule has 1 aromatic heterocycles. The maximum Gasteiger partial charge on any atom is 0.239 e. The Morgan fingerprint density at radius 2 is 2.26 bits per heavy atom. The van der Waals surface area contributed by atoms with Crippen LogP contribution >= 0.6 is 35.0 Å². The summed E-state index contributed by atoms with van der Waals surface area (Å²) >= 11 is 13.3. The second-order valence-corrected chi connectivity index (χ2v) is 5.88. The molecular weight excluding hydrogens is 307 g/mol. The number of aromatic amines is 1. The fourth-order valence-corrected chi connectivity index (χ4v) is 2.71. The van der Waals surface area contributed by atoms with E-state index in [9.17, 15) is 4.79 Å². The van der Waals surface area contributed by atoms with Gasteiger partial charge in [-0.05, 0) is 25.1 Å². The van der Waals surface area contributed by atoms with Crippen LogP contribution in [0.5, 0.6) is 0 Å². The summed E-state index contributed by atoms with van der Waals surface area (Å²) in [6.07, 6.45) is 1.32. The van der Waals surface area contributed by atoms with E-state index < -0.39 is 0 Å². The molecule has 1 heterocycles. The number of anilines is 1. The van der Waals surface area contributed by atoms with Crippen molar-refractivity contribution in [3.63, 3.8) is 0 Å². The van der Waals surface area contributed by atoms with Crippen LogP contribution in [0.2, 0.25) is 10.0 Å². The highest BCUT2D eigenvalue weighted by Crippen LogP contribution is 2.32. The van der Waals surface area contributed by atoms with Gasteiger partial charge in [-0.2, -0.15) is 10.1 Å². The molecule has 0 saturated heterocycles. The number of aromatic nitrogens is 3. The number of amides is 1. The van der Waals surface area contributed by atoms with Crippen LogP contribution in [0.15, 0.2) is 29.4 Å². The molecule has 1 amide bonds. The molecule has 0 aliphatic carbocycles. The monoisotopic (exact) mass is 316 g/mol. The zero-order chi connectivity index (χ0) is 13.8. The van der Waals surface area contributed by atoms with Crippen molar-refractivity contribution in [2.45, 2.75) is 17.1 Å². The van der Waals surface area contributed by atoms with Gasteiger partial charge in [0.15, 0.2) is 0 Å². The van der Waals surface area contributed by atoms with Gasteiger partial charge in [-0.3, -0.25) is 10.1 Å². The summed E-state index contributed by atoms with van der Waals surface area (Å²) in [6.45, 7) is 1.77. The average Bonchev–Trinajstić information content (AvgIpc) is 2.86. The molecule has 0 saturated carbocycles. The van der Waals surface area contributed by atoms with Crippen molar-refractivity contribution in [1.82, 2.24) is 15.2 Å².